The van der Waals surface area contributed by atoms with Crippen LogP contribution < -0.4 is 5.32 Å². The van der Waals surface area contributed by atoms with Crippen molar-refractivity contribution in [3.05, 3.63) is 0 Å². The summed E-state index contributed by atoms with van der Waals surface area (Å²) in [5.41, 5.74) is 0. The van der Waals surface area contributed by atoms with E-state index in [0.29, 0.717) is 13.0 Å². The lowest BCUT2D eigenvalue weighted by atomic mass is 10.4. The van der Waals surface area contributed by atoms with Crippen molar-refractivity contribution in [3.63, 3.8) is 0 Å². The number of hydrogen-bond donors (Lipinski definition) is 1. The van der Waals surface area contributed by atoms with Gasteiger partial charge in [0.15, 0.2) is 0 Å². The van der Waals surface area contributed by atoms with Crippen LogP contribution in [-0.4, -0.2) is 39.4 Å². The lowest BCUT2D eigenvalue weighted by molar-refractivity contribution is -0.140. The van der Waals surface area contributed by atoms with Crippen LogP contribution in [0.2, 0.25) is 0 Å². The highest BCUT2D eigenvalue weighted by Crippen LogP contribution is 1.85. The van der Waals surface area contributed by atoms with E-state index < -0.39 is 0 Å². The third-order valence-corrected chi connectivity index (χ3v) is 1.72. The molecule has 0 radical (unpaired) electrons. The van der Waals surface area contributed by atoms with Gasteiger partial charge in [-0.1, -0.05) is 6.92 Å². The van der Waals surface area contributed by atoms with Crippen LogP contribution in [0, 0.1) is 0 Å². The maximum absolute atomic E-state index is 10.7. The van der Waals surface area contributed by atoms with E-state index in [0.717, 1.165) is 32.6 Å². The highest BCUT2D eigenvalue weighted by Gasteiger charge is 1.97. The molecule has 84 valence electrons. The van der Waals surface area contributed by atoms with E-state index in [1.54, 1.807) is 0 Å². The molecule has 0 unspecified atom stereocenters. The molecule has 0 amide bonds. The minimum Gasteiger partial charge on any atom is -0.469 e. The molecule has 0 bridgehead atoms. The maximum Gasteiger partial charge on any atom is 0.306 e. The van der Waals surface area contributed by atoms with Crippen molar-refractivity contribution in [2.45, 2.75) is 26.2 Å². The number of hydrogen-bond acceptors (Lipinski definition) is 4. The van der Waals surface area contributed by atoms with E-state index in [9.17, 15) is 4.79 Å². The summed E-state index contributed by atoms with van der Waals surface area (Å²) in [5.74, 6) is -0.167. The van der Waals surface area contributed by atoms with Gasteiger partial charge in [0.25, 0.3) is 0 Å². The van der Waals surface area contributed by atoms with Gasteiger partial charge in [0.1, 0.15) is 0 Å². The molecule has 0 spiro atoms. The molecule has 0 saturated carbocycles. The Bertz CT molecular complexity index is 139. The van der Waals surface area contributed by atoms with Crippen molar-refractivity contribution in [3.8, 4) is 0 Å². The van der Waals surface area contributed by atoms with Gasteiger partial charge in [0.2, 0.25) is 0 Å². The predicted molar refractivity (Wildman–Crippen MR) is 55.2 cm³/mol. The average molecular weight is 203 g/mol. The molecular formula is C10H21NO3. The van der Waals surface area contributed by atoms with Gasteiger partial charge in [0.05, 0.1) is 13.5 Å². The third kappa shape index (κ3) is 9.48. The molecular weight excluding hydrogens is 182 g/mol. The van der Waals surface area contributed by atoms with Crippen LogP contribution in [0.5, 0.6) is 0 Å². The molecule has 4 nitrogen and oxygen atoms in total. The topological polar surface area (TPSA) is 47.6 Å². The zero-order valence-electron chi connectivity index (χ0n) is 9.17. The van der Waals surface area contributed by atoms with Crippen molar-refractivity contribution >= 4 is 5.97 Å². The monoisotopic (exact) mass is 203 g/mol. The van der Waals surface area contributed by atoms with Gasteiger partial charge >= 0.3 is 5.97 Å². The van der Waals surface area contributed by atoms with Crippen molar-refractivity contribution in [1.82, 2.24) is 5.32 Å². The second-order valence-corrected chi connectivity index (χ2v) is 3.04. The first-order valence-corrected chi connectivity index (χ1v) is 5.16. The molecule has 0 saturated heterocycles. The summed E-state index contributed by atoms with van der Waals surface area (Å²) >= 11 is 0. The molecule has 4 heteroatoms. The van der Waals surface area contributed by atoms with Crippen LogP contribution in [-0.2, 0) is 14.3 Å². The molecule has 0 rings (SSSR count). The Morgan fingerprint density at radius 3 is 2.71 bits per heavy atom. The number of carbonyl (C=O) groups excluding carboxylic acids is 1. The van der Waals surface area contributed by atoms with Crippen LogP contribution in [0.1, 0.15) is 26.2 Å². The Labute approximate surface area is 86.0 Å². The summed E-state index contributed by atoms with van der Waals surface area (Å²) in [6.07, 6.45) is 2.49. The zero-order chi connectivity index (χ0) is 10.6. The number of ether oxygens (including phenoxy) is 2. The fourth-order valence-corrected chi connectivity index (χ4v) is 0.963. The molecule has 0 aliphatic heterocycles. The molecule has 0 aliphatic rings. The van der Waals surface area contributed by atoms with Gasteiger partial charge in [0, 0.05) is 19.8 Å². The van der Waals surface area contributed by atoms with E-state index in [1.807, 2.05) is 0 Å². The molecule has 1 N–H and O–H groups in total. The quantitative estimate of drug-likeness (QED) is 0.448. The Balaban J connectivity index is 2.95. The Morgan fingerprint density at radius 2 is 2.07 bits per heavy atom. The van der Waals surface area contributed by atoms with Gasteiger partial charge < -0.3 is 14.8 Å². The first kappa shape index (κ1) is 13.4. The van der Waals surface area contributed by atoms with Crippen LogP contribution in [0.15, 0.2) is 0 Å². The fourth-order valence-electron chi connectivity index (χ4n) is 0.963. The van der Waals surface area contributed by atoms with E-state index >= 15 is 0 Å². The van der Waals surface area contributed by atoms with Crippen molar-refractivity contribution in [2.75, 3.05) is 33.4 Å². The van der Waals surface area contributed by atoms with Gasteiger partial charge in [-0.2, -0.15) is 0 Å². The molecule has 0 heterocycles. The standard InChI is InChI=1S/C10H21NO3/c1-3-8-14-9-4-6-11-7-5-10(12)13-2/h11H,3-9H2,1-2H3. The number of nitrogens with one attached hydrogen (secondary N) is 1. The zero-order valence-corrected chi connectivity index (χ0v) is 9.17. The van der Waals surface area contributed by atoms with Gasteiger partial charge in [-0.15, -0.1) is 0 Å². The first-order valence-electron chi connectivity index (χ1n) is 5.16. The van der Waals surface area contributed by atoms with Gasteiger partial charge in [-0.3, -0.25) is 4.79 Å². The van der Waals surface area contributed by atoms with Crippen molar-refractivity contribution in [2.24, 2.45) is 0 Å². The van der Waals surface area contributed by atoms with Gasteiger partial charge in [-0.05, 0) is 19.4 Å². The first-order chi connectivity index (χ1) is 6.81. The third-order valence-electron chi connectivity index (χ3n) is 1.72. The SMILES string of the molecule is CCCOCCCNCCC(=O)OC. The Hall–Kier alpha value is -0.610. The predicted octanol–water partition coefficient (Wildman–Crippen LogP) is 0.956. The van der Waals surface area contributed by atoms with E-state index in [2.05, 4.69) is 17.0 Å². The van der Waals surface area contributed by atoms with Crippen molar-refractivity contribution in [1.29, 1.82) is 0 Å². The largest absolute Gasteiger partial charge is 0.469 e. The minimum absolute atomic E-state index is 0.167. The summed E-state index contributed by atoms with van der Waals surface area (Å²) in [6.45, 7) is 5.29. The number of rotatable bonds is 9. The Morgan fingerprint density at radius 1 is 1.29 bits per heavy atom. The highest BCUT2D eigenvalue weighted by molar-refractivity contribution is 5.69. The molecule has 0 fully saturated rings. The van der Waals surface area contributed by atoms with Gasteiger partial charge in [-0.25, -0.2) is 0 Å². The normalized spacial score (nSPS) is 10.1. The average Bonchev–Trinajstić information content (AvgIpc) is 2.21. The highest BCUT2D eigenvalue weighted by atomic mass is 16.5. The molecule has 0 aliphatic carbocycles. The molecule has 0 atom stereocenters. The lowest BCUT2D eigenvalue weighted by Gasteiger charge is -2.04. The fraction of sp³-hybridized carbons (Fsp3) is 0.900. The van der Waals surface area contributed by atoms with Crippen molar-refractivity contribution < 1.29 is 14.3 Å². The molecule has 0 aromatic rings. The van der Waals surface area contributed by atoms with Crippen LogP contribution >= 0.6 is 0 Å². The second-order valence-electron chi connectivity index (χ2n) is 3.04. The lowest BCUT2D eigenvalue weighted by Crippen LogP contribution is -2.21. The number of methoxy groups -OCH3 is 1. The van der Waals surface area contributed by atoms with Crippen LogP contribution in [0.4, 0.5) is 0 Å². The second kappa shape index (κ2) is 10.5. The summed E-state index contributed by atoms with van der Waals surface area (Å²) in [6, 6.07) is 0. The Kier molecular flexibility index (Phi) is 10.0. The van der Waals surface area contributed by atoms with E-state index in [4.69, 9.17) is 4.74 Å². The summed E-state index contributed by atoms with van der Waals surface area (Å²) in [7, 11) is 1.40. The summed E-state index contributed by atoms with van der Waals surface area (Å²) in [4.78, 5) is 10.7. The molecule has 0 aromatic carbocycles. The summed E-state index contributed by atoms with van der Waals surface area (Å²) in [5, 5.41) is 3.15. The summed E-state index contributed by atoms with van der Waals surface area (Å²) < 4.78 is 9.81. The van der Waals surface area contributed by atoms with Crippen LogP contribution in [0.3, 0.4) is 0 Å². The number of carbonyl (C=O) groups is 1. The number of esters is 1. The minimum atomic E-state index is -0.167. The molecule has 14 heavy (non-hydrogen) atoms. The van der Waals surface area contributed by atoms with E-state index in [1.165, 1.54) is 7.11 Å². The van der Waals surface area contributed by atoms with E-state index in [-0.39, 0.29) is 5.97 Å². The smallest absolute Gasteiger partial charge is 0.306 e. The molecule has 0 aromatic heterocycles. The van der Waals surface area contributed by atoms with Crippen LogP contribution in [0.25, 0.3) is 0 Å². The maximum atomic E-state index is 10.7.